The van der Waals surface area contributed by atoms with Crippen molar-refractivity contribution >= 4 is 9.84 Å². The number of nitriles is 1. The van der Waals surface area contributed by atoms with Crippen molar-refractivity contribution in [3.05, 3.63) is 29.8 Å². The van der Waals surface area contributed by atoms with Crippen LogP contribution in [0.2, 0.25) is 0 Å². The van der Waals surface area contributed by atoms with Gasteiger partial charge in [0.15, 0.2) is 9.84 Å². The van der Waals surface area contributed by atoms with Gasteiger partial charge in [0.25, 0.3) is 0 Å². The normalized spacial score (nSPS) is 27.7. The second-order valence-corrected chi connectivity index (χ2v) is 7.74. The summed E-state index contributed by atoms with van der Waals surface area (Å²) in [5, 5.41) is 12.1. The summed E-state index contributed by atoms with van der Waals surface area (Å²) in [6.45, 7) is 0.413. The molecule has 1 aromatic rings. The molecular formula is C15H18N2O3S. The highest BCUT2D eigenvalue weighted by Crippen LogP contribution is 2.34. The fraction of sp³-hybridized carbons (Fsp3) is 0.533. The van der Waals surface area contributed by atoms with Gasteiger partial charge in [0.1, 0.15) is 0 Å². The third-order valence-corrected chi connectivity index (χ3v) is 5.92. The number of hydrogen-bond acceptors (Lipinski definition) is 5. The molecule has 2 heterocycles. The molecule has 0 aliphatic carbocycles. The molecule has 2 aliphatic rings. The van der Waals surface area contributed by atoms with Crippen molar-refractivity contribution < 1.29 is 13.2 Å². The highest BCUT2D eigenvalue weighted by Gasteiger charge is 2.40. The van der Waals surface area contributed by atoms with Crippen LogP contribution in [0.25, 0.3) is 0 Å². The van der Waals surface area contributed by atoms with Crippen LogP contribution in [-0.2, 0) is 14.6 Å². The topological polar surface area (TPSA) is 79.2 Å². The number of hydrogen-bond donors (Lipinski definition) is 1. The Morgan fingerprint density at radius 2 is 2.24 bits per heavy atom. The predicted molar refractivity (Wildman–Crippen MR) is 77.5 cm³/mol. The lowest BCUT2D eigenvalue weighted by molar-refractivity contribution is 0.0977. The standard InChI is InChI=1S/C15H18N2O3S/c16-10-11-2-1-3-13(8-11)21(18,19)7-6-17-14-9-12-4-5-15(14)20-12/h1-3,8,12,14-15,17H,4-7,9H2. The number of sulfone groups is 1. The van der Waals surface area contributed by atoms with Gasteiger partial charge in [-0.3, -0.25) is 0 Å². The molecule has 3 rings (SSSR count). The number of nitrogens with zero attached hydrogens (tertiary/aromatic N) is 1. The van der Waals surface area contributed by atoms with Crippen molar-refractivity contribution in [1.82, 2.24) is 5.32 Å². The number of ether oxygens (including phenoxy) is 1. The molecule has 0 spiro atoms. The molecule has 3 unspecified atom stereocenters. The summed E-state index contributed by atoms with van der Waals surface area (Å²) in [6.07, 6.45) is 3.78. The molecule has 0 aromatic heterocycles. The summed E-state index contributed by atoms with van der Waals surface area (Å²) in [5.41, 5.74) is 0.366. The molecule has 21 heavy (non-hydrogen) atoms. The summed E-state index contributed by atoms with van der Waals surface area (Å²) in [4.78, 5) is 0.215. The Kier molecular flexibility index (Phi) is 3.98. The fourth-order valence-corrected chi connectivity index (χ4v) is 4.32. The van der Waals surface area contributed by atoms with Crippen molar-refractivity contribution in [2.45, 2.75) is 42.4 Å². The Morgan fingerprint density at radius 1 is 1.38 bits per heavy atom. The predicted octanol–water partition coefficient (Wildman–Crippen LogP) is 1.24. The first-order chi connectivity index (χ1) is 10.1. The minimum Gasteiger partial charge on any atom is -0.373 e. The van der Waals surface area contributed by atoms with E-state index in [1.807, 2.05) is 6.07 Å². The Balaban J connectivity index is 1.57. The van der Waals surface area contributed by atoms with Crippen LogP contribution < -0.4 is 5.32 Å². The van der Waals surface area contributed by atoms with E-state index in [1.165, 1.54) is 12.1 Å². The van der Waals surface area contributed by atoms with Crippen molar-refractivity contribution in [2.24, 2.45) is 0 Å². The zero-order chi connectivity index (χ0) is 14.9. The first-order valence-corrected chi connectivity index (χ1v) is 8.85. The quantitative estimate of drug-likeness (QED) is 0.885. The number of fused-ring (bicyclic) bond motifs is 2. The molecule has 2 aliphatic heterocycles. The largest absolute Gasteiger partial charge is 0.373 e. The van der Waals surface area contributed by atoms with Crippen LogP contribution in [0.3, 0.4) is 0 Å². The van der Waals surface area contributed by atoms with Crippen LogP contribution in [0.5, 0.6) is 0 Å². The lowest BCUT2D eigenvalue weighted by Gasteiger charge is -2.19. The van der Waals surface area contributed by atoms with Crippen molar-refractivity contribution in [3.8, 4) is 6.07 Å². The molecule has 0 amide bonds. The zero-order valence-corrected chi connectivity index (χ0v) is 12.5. The minimum absolute atomic E-state index is 0.0375. The second kappa shape index (κ2) is 5.76. The minimum atomic E-state index is -3.35. The van der Waals surface area contributed by atoms with Crippen LogP contribution >= 0.6 is 0 Å². The van der Waals surface area contributed by atoms with E-state index in [2.05, 4.69) is 5.32 Å². The maximum atomic E-state index is 12.3. The molecule has 2 fully saturated rings. The van der Waals surface area contributed by atoms with Crippen LogP contribution in [-0.4, -0.2) is 39.0 Å². The zero-order valence-electron chi connectivity index (χ0n) is 11.7. The smallest absolute Gasteiger partial charge is 0.179 e. The maximum Gasteiger partial charge on any atom is 0.179 e. The molecule has 2 saturated heterocycles. The summed E-state index contributed by atoms with van der Waals surface area (Å²) in [7, 11) is -3.35. The molecule has 6 heteroatoms. The highest BCUT2D eigenvalue weighted by atomic mass is 32.2. The lowest BCUT2D eigenvalue weighted by atomic mass is 9.96. The van der Waals surface area contributed by atoms with Crippen LogP contribution in [0.4, 0.5) is 0 Å². The van der Waals surface area contributed by atoms with Gasteiger partial charge in [0.2, 0.25) is 0 Å². The summed E-state index contributed by atoms with van der Waals surface area (Å²) in [6, 6.07) is 8.41. The van der Waals surface area contributed by atoms with Gasteiger partial charge in [-0.1, -0.05) is 6.07 Å². The molecule has 112 valence electrons. The molecule has 0 radical (unpaired) electrons. The van der Waals surface area contributed by atoms with Crippen LogP contribution in [0.1, 0.15) is 24.8 Å². The number of rotatable bonds is 5. The Morgan fingerprint density at radius 3 is 2.90 bits per heavy atom. The van der Waals surface area contributed by atoms with E-state index in [0.29, 0.717) is 18.2 Å². The maximum absolute atomic E-state index is 12.3. The van der Waals surface area contributed by atoms with Crippen molar-refractivity contribution in [3.63, 3.8) is 0 Å². The summed E-state index contributed by atoms with van der Waals surface area (Å²) < 4.78 is 30.2. The monoisotopic (exact) mass is 306 g/mol. The SMILES string of the molecule is N#Cc1cccc(S(=O)(=O)CCNC2CC3CCC2O3)c1. The molecule has 3 atom stereocenters. The van der Waals surface area contributed by atoms with Gasteiger partial charge in [-0.25, -0.2) is 8.42 Å². The number of benzene rings is 1. The molecule has 5 nitrogen and oxygen atoms in total. The first kappa shape index (κ1) is 14.5. The highest BCUT2D eigenvalue weighted by molar-refractivity contribution is 7.91. The summed E-state index contributed by atoms with van der Waals surface area (Å²) in [5.74, 6) is 0.0375. The molecule has 1 N–H and O–H groups in total. The average molecular weight is 306 g/mol. The third kappa shape index (κ3) is 3.10. The Labute approximate surface area is 124 Å². The van der Waals surface area contributed by atoms with E-state index in [4.69, 9.17) is 10.00 Å². The van der Waals surface area contributed by atoms with E-state index in [-0.39, 0.29) is 22.8 Å². The van der Waals surface area contributed by atoms with Gasteiger partial charge < -0.3 is 10.1 Å². The molecular weight excluding hydrogens is 288 g/mol. The summed E-state index contributed by atoms with van der Waals surface area (Å²) >= 11 is 0. The average Bonchev–Trinajstić information content (AvgIpc) is 3.10. The van der Waals surface area contributed by atoms with Crippen molar-refractivity contribution in [2.75, 3.05) is 12.3 Å². The van der Waals surface area contributed by atoms with E-state index in [0.717, 1.165) is 19.3 Å². The lowest BCUT2D eigenvalue weighted by Crippen LogP contribution is -2.39. The first-order valence-electron chi connectivity index (χ1n) is 7.20. The van der Waals surface area contributed by atoms with E-state index in [1.54, 1.807) is 12.1 Å². The van der Waals surface area contributed by atoms with E-state index >= 15 is 0 Å². The molecule has 1 aromatic carbocycles. The molecule has 0 saturated carbocycles. The van der Waals surface area contributed by atoms with E-state index in [9.17, 15) is 8.42 Å². The van der Waals surface area contributed by atoms with Gasteiger partial charge in [0, 0.05) is 12.6 Å². The van der Waals surface area contributed by atoms with Gasteiger partial charge >= 0.3 is 0 Å². The van der Waals surface area contributed by atoms with Gasteiger partial charge in [-0.15, -0.1) is 0 Å². The number of nitrogens with one attached hydrogen (secondary N) is 1. The Hall–Kier alpha value is -1.42. The molecule has 2 bridgehead atoms. The Bertz CT molecular complexity index is 666. The van der Waals surface area contributed by atoms with Crippen LogP contribution in [0, 0.1) is 11.3 Å². The van der Waals surface area contributed by atoms with Gasteiger partial charge in [0.05, 0.1) is 34.5 Å². The fourth-order valence-electron chi connectivity index (χ4n) is 3.11. The van der Waals surface area contributed by atoms with Gasteiger partial charge in [-0.05, 0) is 37.5 Å². The van der Waals surface area contributed by atoms with Crippen molar-refractivity contribution in [1.29, 1.82) is 5.26 Å². The third-order valence-electron chi connectivity index (χ3n) is 4.21. The van der Waals surface area contributed by atoms with Crippen LogP contribution in [0.15, 0.2) is 29.2 Å². The van der Waals surface area contributed by atoms with Gasteiger partial charge in [-0.2, -0.15) is 5.26 Å². The van der Waals surface area contributed by atoms with E-state index < -0.39 is 9.84 Å². The second-order valence-electron chi connectivity index (χ2n) is 5.63.